The summed E-state index contributed by atoms with van der Waals surface area (Å²) in [5.41, 5.74) is 1.74. The fourth-order valence-corrected chi connectivity index (χ4v) is 2.59. The molecule has 1 aromatic carbocycles. The van der Waals surface area contributed by atoms with Gasteiger partial charge in [-0.1, -0.05) is 12.1 Å². The highest BCUT2D eigenvalue weighted by Gasteiger charge is 2.11. The largest absolute Gasteiger partial charge is 0.497 e. The number of hydrogen-bond acceptors (Lipinski definition) is 5. The highest BCUT2D eigenvalue weighted by molar-refractivity contribution is 5.99. The number of nitrogens with one attached hydrogen (secondary N) is 2. The Morgan fingerprint density at radius 1 is 1.04 bits per heavy atom. The lowest BCUT2D eigenvalue weighted by Crippen LogP contribution is -2.27. The number of hydrogen-bond donors (Lipinski definition) is 2. The first kappa shape index (κ1) is 19.2. The maximum Gasteiger partial charge on any atom is 0.253 e. The summed E-state index contributed by atoms with van der Waals surface area (Å²) in [6.45, 7) is 0.740. The molecule has 0 radical (unpaired) electrons. The van der Waals surface area contributed by atoms with Gasteiger partial charge in [-0.25, -0.2) is 0 Å². The Labute approximate surface area is 162 Å². The lowest BCUT2D eigenvalue weighted by Gasteiger charge is -2.08. The Kier molecular flexibility index (Phi) is 6.41. The van der Waals surface area contributed by atoms with E-state index in [0.29, 0.717) is 29.9 Å². The first-order chi connectivity index (χ1) is 13.7. The standard InChI is InChI=1S/C21H21N3O4/c1-27-18-6-4-15(5-7-18)8-9-23-20(25)16-11-17(13-22-12-16)21(26)24-14-19-3-2-10-28-19/h2-7,10-13H,8-9,14H2,1H3,(H,23,25)(H,24,26). The summed E-state index contributed by atoms with van der Waals surface area (Å²) >= 11 is 0. The Hall–Kier alpha value is -3.61. The Balaban J connectivity index is 1.51. The molecule has 0 atom stereocenters. The van der Waals surface area contributed by atoms with Crippen molar-refractivity contribution in [2.24, 2.45) is 0 Å². The Morgan fingerprint density at radius 3 is 2.39 bits per heavy atom. The number of nitrogens with zero attached hydrogens (tertiary/aromatic N) is 1. The smallest absolute Gasteiger partial charge is 0.253 e. The van der Waals surface area contributed by atoms with Crippen molar-refractivity contribution in [1.82, 2.24) is 15.6 Å². The minimum Gasteiger partial charge on any atom is -0.497 e. The number of pyridine rings is 1. The van der Waals surface area contributed by atoms with Crippen LogP contribution in [-0.4, -0.2) is 30.5 Å². The van der Waals surface area contributed by atoms with Crippen LogP contribution in [0.2, 0.25) is 0 Å². The number of amides is 2. The van der Waals surface area contributed by atoms with Gasteiger partial charge in [-0.15, -0.1) is 0 Å². The van der Waals surface area contributed by atoms with Gasteiger partial charge in [0.1, 0.15) is 11.5 Å². The van der Waals surface area contributed by atoms with E-state index in [1.165, 1.54) is 18.5 Å². The van der Waals surface area contributed by atoms with Crippen molar-refractivity contribution in [3.8, 4) is 5.75 Å². The van der Waals surface area contributed by atoms with E-state index in [2.05, 4.69) is 15.6 Å². The molecule has 3 rings (SSSR count). The van der Waals surface area contributed by atoms with Gasteiger partial charge in [0, 0.05) is 18.9 Å². The first-order valence-electron chi connectivity index (χ1n) is 8.82. The molecule has 0 saturated carbocycles. The van der Waals surface area contributed by atoms with Crippen LogP contribution in [0.5, 0.6) is 5.75 Å². The monoisotopic (exact) mass is 379 g/mol. The molecule has 7 heteroatoms. The molecule has 144 valence electrons. The summed E-state index contributed by atoms with van der Waals surface area (Å²) in [5, 5.41) is 5.57. The van der Waals surface area contributed by atoms with Crippen LogP contribution in [0.3, 0.4) is 0 Å². The van der Waals surface area contributed by atoms with Crippen LogP contribution >= 0.6 is 0 Å². The summed E-state index contributed by atoms with van der Waals surface area (Å²) < 4.78 is 10.3. The summed E-state index contributed by atoms with van der Waals surface area (Å²) in [5.74, 6) is 0.841. The molecule has 0 unspecified atom stereocenters. The molecule has 0 fully saturated rings. The average Bonchev–Trinajstić information content (AvgIpc) is 3.26. The molecule has 2 amide bonds. The van der Waals surface area contributed by atoms with Crippen molar-refractivity contribution in [1.29, 1.82) is 0 Å². The minimum atomic E-state index is -0.322. The van der Waals surface area contributed by atoms with Gasteiger partial charge in [-0.05, 0) is 42.3 Å². The van der Waals surface area contributed by atoms with E-state index in [4.69, 9.17) is 9.15 Å². The molecule has 2 heterocycles. The van der Waals surface area contributed by atoms with E-state index in [-0.39, 0.29) is 18.4 Å². The number of aromatic nitrogens is 1. The molecular formula is C21H21N3O4. The molecular weight excluding hydrogens is 358 g/mol. The number of benzene rings is 1. The van der Waals surface area contributed by atoms with Crippen LogP contribution in [-0.2, 0) is 13.0 Å². The molecule has 0 saturated heterocycles. The number of rotatable bonds is 8. The fourth-order valence-electron chi connectivity index (χ4n) is 2.59. The van der Waals surface area contributed by atoms with E-state index < -0.39 is 0 Å². The summed E-state index contributed by atoms with van der Waals surface area (Å²) in [4.78, 5) is 28.6. The predicted octanol–water partition coefficient (Wildman–Crippen LogP) is 2.59. The van der Waals surface area contributed by atoms with Crippen LogP contribution < -0.4 is 15.4 Å². The highest BCUT2D eigenvalue weighted by atomic mass is 16.5. The normalized spacial score (nSPS) is 10.3. The zero-order valence-corrected chi connectivity index (χ0v) is 15.5. The van der Waals surface area contributed by atoms with Gasteiger partial charge >= 0.3 is 0 Å². The van der Waals surface area contributed by atoms with Gasteiger partial charge in [0.05, 0.1) is 31.0 Å². The average molecular weight is 379 g/mol. The molecule has 0 bridgehead atoms. The van der Waals surface area contributed by atoms with Gasteiger partial charge in [0.25, 0.3) is 11.8 Å². The zero-order valence-electron chi connectivity index (χ0n) is 15.5. The summed E-state index contributed by atoms with van der Waals surface area (Å²) in [6, 6.07) is 12.7. The molecule has 2 aromatic heterocycles. The van der Waals surface area contributed by atoms with Crippen LogP contribution in [0.25, 0.3) is 0 Å². The lowest BCUT2D eigenvalue weighted by atomic mass is 10.1. The third-order valence-corrected chi connectivity index (χ3v) is 4.12. The minimum absolute atomic E-state index is 0.268. The number of furan rings is 1. The highest BCUT2D eigenvalue weighted by Crippen LogP contribution is 2.11. The van der Waals surface area contributed by atoms with E-state index in [0.717, 1.165) is 11.3 Å². The third-order valence-electron chi connectivity index (χ3n) is 4.12. The van der Waals surface area contributed by atoms with E-state index >= 15 is 0 Å². The van der Waals surface area contributed by atoms with Crippen molar-refractivity contribution >= 4 is 11.8 Å². The maximum atomic E-state index is 12.3. The molecule has 0 aliphatic rings. The van der Waals surface area contributed by atoms with Gasteiger partial charge in [-0.3, -0.25) is 14.6 Å². The second kappa shape index (κ2) is 9.36. The molecule has 28 heavy (non-hydrogen) atoms. The van der Waals surface area contributed by atoms with Gasteiger partial charge in [0.15, 0.2) is 0 Å². The molecule has 0 aliphatic carbocycles. The topological polar surface area (TPSA) is 93.5 Å². The number of ether oxygens (including phenoxy) is 1. The van der Waals surface area contributed by atoms with Gasteiger partial charge in [0.2, 0.25) is 0 Å². The van der Waals surface area contributed by atoms with Crippen molar-refractivity contribution < 1.29 is 18.7 Å². The number of carbonyl (C=O) groups is 2. The molecule has 2 N–H and O–H groups in total. The van der Waals surface area contributed by atoms with Crippen LogP contribution in [0, 0.1) is 0 Å². The third kappa shape index (κ3) is 5.20. The van der Waals surface area contributed by atoms with Crippen molar-refractivity contribution in [2.45, 2.75) is 13.0 Å². The predicted molar refractivity (Wildman–Crippen MR) is 103 cm³/mol. The van der Waals surface area contributed by atoms with Crippen LogP contribution in [0.15, 0.2) is 65.5 Å². The molecule has 3 aromatic rings. The van der Waals surface area contributed by atoms with Crippen LogP contribution in [0.1, 0.15) is 32.0 Å². The Morgan fingerprint density at radius 2 is 1.75 bits per heavy atom. The zero-order chi connectivity index (χ0) is 19.8. The summed E-state index contributed by atoms with van der Waals surface area (Å²) in [6.07, 6.45) is 5.09. The first-order valence-corrected chi connectivity index (χ1v) is 8.82. The number of carbonyl (C=O) groups excluding carboxylic acids is 2. The van der Waals surface area contributed by atoms with E-state index in [1.807, 2.05) is 24.3 Å². The maximum absolute atomic E-state index is 12.3. The van der Waals surface area contributed by atoms with Crippen LogP contribution in [0.4, 0.5) is 0 Å². The SMILES string of the molecule is COc1ccc(CCNC(=O)c2cncc(C(=O)NCc3ccco3)c2)cc1. The number of methoxy groups -OCH3 is 1. The Bertz CT molecular complexity index is 921. The fraction of sp³-hybridized carbons (Fsp3) is 0.190. The van der Waals surface area contributed by atoms with Crippen molar-refractivity contribution in [3.63, 3.8) is 0 Å². The molecule has 7 nitrogen and oxygen atoms in total. The quantitative estimate of drug-likeness (QED) is 0.627. The van der Waals surface area contributed by atoms with E-state index in [9.17, 15) is 9.59 Å². The molecule has 0 spiro atoms. The molecule has 0 aliphatic heterocycles. The van der Waals surface area contributed by atoms with Gasteiger partial charge in [-0.2, -0.15) is 0 Å². The van der Waals surface area contributed by atoms with Gasteiger partial charge < -0.3 is 19.8 Å². The summed E-state index contributed by atoms with van der Waals surface area (Å²) in [7, 11) is 1.62. The van der Waals surface area contributed by atoms with Crippen molar-refractivity contribution in [2.75, 3.05) is 13.7 Å². The van der Waals surface area contributed by atoms with E-state index in [1.54, 1.807) is 25.5 Å². The second-order valence-corrected chi connectivity index (χ2v) is 6.08. The lowest BCUT2D eigenvalue weighted by molar-refractivity contribution is 0.0947. The second-order valence-electron chi connectivity index (χ2n) is 6.08. The van der Waals surface area contributed by atoms with Crippen molar-refractivity contribution in [3.05, 3.63) is 83.6 Å².